The van der Waals surface area contributed by atoms with Crippen LogP contribution in [0.2, 0.25) is 0 Å². The van der Waals surface area contributed by atoms with Crippen molar-refractivity contribution in [3.8, 4) is 0 Å². The van der Waals surface area contributed by atoms with E-state index in [-0.39, 0.29) is 21.3 Å². The Balaban J connectivity index is 1.99. The minimum absolute atomic E-state index is 0.0269. The number of hydrogen-bond donors (Lipinski definition) is 0. The van der Waals surface area contributed by atoms with Crippen LogP contribution in [0.25, 0.3) is 0 Å². The smallest absolute Gasteiger partial charge is 0.294 e. The molecule has 2 heterocycles. The van der Waals surface area contributed by atoms with Gasteiger partial charge in [0, 0.05) is 26.3 Å². The Bertz CT molecular complexity index is 792. The Hall–Kier alpha value is -1.32. The van der Waals surface area contributed by atoms with E-state index in [4.69, 9.17) is 0 Å². The van der Waals surface area contributed by atoms with E-state index in [2.05, 4.69) is 4.40 Å². The first kappa shape index (κ1) is 18.5. The molecular weight excluding hydrogens is 378 g/mol. The molecule has 3 rings (SSSR count). The highest BCUT2D eigenvalue weighted by Gasteiger charge is 2.40. The summed E-state index contributed by atoms with van der Waals surface area (Å²) < 4.78 is 29.3. The second-order valence-corrected chi connectivity index (χ2v) is 10.1. The lowest BCUT2D eigenvalue weighted by Gasteiger charge is -2.30. The quantitative estimate of drug-likeness (QED) is 0.728. The van der Waals surface area contributed by atoms with Gasteiger partial charge in [0.15, 0.2) is 5.17 Å². The van der Waals surface area contributed by atoms with E-state index in [0.29, 0.717) is 4.91 Å². The average Bonchev–Trinajstić information content (AvgIpc) is 3.18. The lowest BCUT2D eigenvalue weighted by molar-refractivity contribution is -0.124. The molecule has 1 aliphatic carbocycles. The number of thiophene rings is 1. The van der Waals surface area contributed by atoms with Crippen molar-refractivity contribution >= 4 is 44.2 Å². The van der Waals surface area contributed by atoms with E-state index in [1.165, 1.54) is 6.07 Å². The zero-order chi connectivity index (χ0) is 18.0. The van der Waals surface area contributed by atoms with Crippen molar-refractivity contribution in [2.45, 2.75) is 42.4 Å². The van der Waals surface area contributed by atoms with Gasteiger partial charge in [0.2, 0.25) is 0 Å². The Morgan fingerprint density at radius 3 is 2.60 bits per heavy atom. The van der Waals surface area contributed by atoms with E-state index >= 15 is 0 Å². The maximum Gasteiger partial charge on any atom is 0.294 e. The van der Waals surface area contributed by atoms with Crippen LogP contribution < -0.4 is 0 Å². The molecule has 136 valence electrons. The summed E-state index contributed by atoms with van der Waals surface area (Å²) in [7, 11) is -0.123. The Labute approximate surface area is 156 Å². The normalized spacial score (nSPS) is 23.0. The van der Waals surface area contributed by atoms with Crippen LogP contribution in [0.4, 0.5) is 0 Å². The molecule has 1 aromatic heterocycles. The zero-order valence-corrected chi connectivity index (χ0v) is 16.7. The molecule has 9 heteroatoms. The second kappa shape index (κ2) is 7.51. The fraction of sp³-hybridized carbons (Fsp3) is 0.500. The van der Waals surface area contributed by atoms with E-state index in [1.807, 2.05) is 14.1 Å². The molecule has 1 saturated carbocycles. The fourth-order valence-corrected chi connectivity index (χ4v) is 6.26. The van der Waals surface area contributed by atoms with Gasteiger partial charge in [0.05, 0.1) is 4.91 Å². The monoisotopic (exact) mass is 399 g/mol. The Kier molecular flexibility index (Phi) is 5.55. The van der Waals surface area contributed by atoms with Gasteiger partial charge < -0.3 is 4.90 Å². The van der Waals surface area contributed by atoms with Gasteiger partial charge >= 0.3 is 0 Å². The van der Waals surface area contributed by atoms with Gasteiger partial charge in [0.1, 0.15) is 4.21 Å². The molecule has 0 unspecified atom stereocenters. The van der Waals surface area contributed by atoms with Gasteiger partial charge in [-0.3, -0.25) is 9.69 Å². The first-order valence-electron chi connectivity index (χ1n) is 8.16. The second-order valence-electron chi connectivity index (χ2n) is 6.31. The summed E-state index contributed by atoms with van der Waals surface area (Å²) in [6, 6.07) is 3.24. The molecule has 1 aliphatic heterocycles. The summed E-state index contributed by atoms with van der Waals surface area (Å²) in [5.41, 5.74) is 0. The van der Waals surface area contributed by atoms with Crippen molar-refractivity contribution < 1.29 is 13.2 Å². The third-order valence-corrected chi connectivity index (χ3v) is 7.83. The summed E-state index contributed by atoms with van der Waals surface area (Å²) in [5.74, 6) is -0.147. The van der Waals surface area contributed by atoms with E-state index in [1.54, 1.807) is 27.4 Å². The van der Waals surface area contributed by atoms with Crippen molar-refractivity contribution in [3.05, 3.63) is 28.6 Å². The SMILES string of the molecule is CN(C)/C=C1/SC(=NS(=O)(=O)c2cccs2)N(C2CCCCC2)C1=O. The van der Waals surface area contributed by atoms with Crippen LogP contribution in [0, 0.1) is 0 Å². The molecule has 25 heavy (non-hydrogen) atoms. The maximum atomic E-state index is 12.9. The first-order valence-corrected chi connectivity index (χ1v) is 11.3. The minimum Gasteiger partial charge on any atom is -0.382 e. The Morgan fingerprint density at radius 1 is 1.28 bits per heavy atom. The van der Waals surface area contributed by atoms with Gasteiger partial charge in [0.25, 0.3) is 15.9 Å². The maximum absolute atomic E-state index is 12.9. The van der Waals surface area contributed by atoms with Crippen molar-refractivity contribution in [2.24, 2.45) is 4.40 Å². The largest absolute Gasteiger partial charge is 0.382 e. The summed E-state index contributed by atoms with van der Waals surface area (Å²) in [6.45, 7) is 0. The fourth-order valence-electron chi connectivity index (χ4n) is 2.99. The number of sulfonamides is 1. The molecule has 6 nitrogen and oxygen atoms in total. The molecular formula is C16H21N3O3S3. The summed E-state index contributed by atoms with van der Waals surface area (Å²) in [4.78, 5) is 16.8. The van der Waals surface area contributed by atoms with E-state index < -0.39 is 10.0 Å². The Morgan fingerprint density at radius 2 is 2.00 bits per heavy atom. The summed E-state index contributed by atoms with van der Waals surface area (Å²) in [6.07, 6.45) is 6.77. The lowest BCUT2D eigenvalue weighted by Crippen LogP contribution is -2.40. The van der Waals surface area contributed by atoms with E-state index in [9.17, 15) is 13.2 Å². The van der Waals surface area contributed by atoms with Crippen LogP contribution in [0.1, 0.15) is 32.1 Å². The van der Waals surface area contributed by atoms with Crippen molar-refractivity contribution in [2.75, 3.05) is 14.1 Å². The predicted octanol–water partition coefficient (Wildman–Crippen LogP) is 3.10. The molecule has 0 atom stereocenters. The van der Waals surface area contributed by atoms with Crippen LogP contribution in [0.5, 0.6) is 0 Å². The molecule has 1 saturated heterocycles. The van der Waals surface area contributed by atoms with Crippen molar-refractivity contribution in [1.29, 1.82) is 0 Å². The highest BCUT2D eigenvalue weighted by molar-refractivity contribution is 8.19. The van der Waals surface area contributed by atoms with Crippen LogP contribution in [0.15, 0.2) is 37.2 Å². The van der Waals surface area contributed by atoms with Gasteiger partial charge in [-0.25, -0.2) is 0 Å². The predicted molar refractivity (Wildman–Crippen MR) is 102 cm³/mol. The van der Waals surface area contributed by atoms with Gasteiger partial charge in [-0.15, -0.1) is 15.7 Å². The molecule has 2 aliphatic rings. The van der Waals surface area contributed by atoms with Crippen LogP contribution >= 0.6 is 23.1 Å². The molecule has 1 aromatic rings. The van der Waals surface area contributed by atoms with Crippen LogP contribution in [-0.2, 0) is 14.8 Å². The number of amides is 1. The highest BCUT2D eigenvalue weighted by atomic mass is 32.2. The number of rotatable bonds is 4. The lowest BCUT2D eigenvalue weighted by atomic mass is 9.94. The molecule has 0 N–H and O–H groups in total. The number of thioether (sulfide) groups is 1. The first-order chi connectivity index (χ1) is 11.9. The van der Waals surface area contributed by atoms with E-state index in [0.717, 1.165) is 55.2 Å². The third-order valence-electron chi connectivity index (χ3n) is 4.10. The summed E-state index contributed by atoms with van der Waals surface area (Å²) >= 11 is 2.28. The van der Waals surface area contributed by atoms with Gasteiger partial charge in [-0.1, -0.05) is 25.3 Å². The number of amidine groups is 1. The van der Waals surface area contributed by atoms with Gasteiger partial charge in [-0.2, -0.15) is 8.42 Å². The molecule has 2 fully saturated rings. The van der Waals surface area contributed by atoms with Gasteiger partial charge in [-0.05, 0) is 36.0 Å². The zero-order valence-electron chi connectivity index (χ0n) is 14.2. The summed E-state index contributed by atoms with van der Waals surface area (Å²) in [5, 5.41) is 1.98. The topological polar surface area (TPSA) is 70.1 Å². The number of hydrogen-bond acceptors (Lipinski definition) is 6. The third kappa shape index (κ3) is 4.09. The van der Waals surface area contributed by atoms with Crippen LogP contribution in [-0.4, -0.2) is 49.4 Å². The standard InChI is InChI=1S/C16H21N3O3S3/c1-18(2)11-13-15(20)19(12-7-4-3-5-8-12)16(24-13)17-25(21,22)14-9-6-10-23-14/h6,9-12H,3-5,7-8H2,1-2H3/b13-11+,17-16?. The minimum atomic E-state index is -3.80. The number of carbonyl (C=O) groups excluding carboxylic acids is 1. The van der Waals surface area contributed by atoms with Crippen molar-refractivity contribution in [1.82, 2.24) is 9.80 Å². The molecule has 0 bridgehead atoms. The molecule has 0 aromatic carbocycles. The number of nitrogens with zero attached hydrogens (tertiary/aromatic N) is 3. The molecule has 0 radical (unpaired) electrons. The van der Waals surface area contributed by atoms with Crippen LogP contribution in [0.3, 0.4) is 0 Å². The average molecular weight is 400 g/mol. The highest BCUT2D eigenvalue weighted by Crippen LogP contribution is 2.37. The molecule has 1 amide bonds. The van der Waals surface area contributed by atoms with Crippen molar-refractivity contribution in [3.63, 3.8) is 0 Å². The molecule has 0 spiro atoms. The number of carbonyl (C=O) groups is 1.